The highest BCUT2D eigenvalue weighted by atomic mass is 32.2. The Morgan fingerprint density at radius 3 is 2.95 bits per heavy atom. The molecule has 1 unspecified atom stereocenters. The lowest BCUT2D eigenvalue weighted by atomic mass is 9.79. The molecular weight excluding hydrogens is 263 g/mol. The lowest BCUT2D eigenvalue weighted by Gasteiger charge is -2.12. The fraction of sp³-hybridized carbons (Fsp3) is 0.538. The SMILES string of the molecule is COc1ccc(B(O)O)cc1CSCC1CCCO1. The van der Waals surface area contributed by atoms with Crippen LogP contribution in [-0.2, 0) is 10.5 Å². The van der Waals surface area contributed by atoms with Gasteiger partial charge in [0.05, 0.1) is 13.2 Å². The van der Waals surface area contributed by atoms with Crippen LogP contribution in [0.2, 0.25) is 0 Å². The van der Waals surface area contributed by atoms with Gasteiger partial charge < -0.3 is 19.5 Å². The maximum atomic E-state index is 9.20. The maximum Gasteiger partial charge on any atom is 0.488 e. The van der Waals surface area contributed by atoms with Crippen LogP contribution < -0.4 is 10.2 Å². The Kier molecular flexibility index (Phi) is 5.57. The van der Waals surface area contributed by atoms with Crippen LogP contribution in [0.3, 0.4) is 0 Å². The molecule has 1 heterocycles. The molecule has 0 bridgehead atoms. The Hall–Kier alpha value is -0.685. The molecule has 0 radical (unpaired) electrons. The average molecular weight is 282 g/mol. The fourth-order valence-corrected chi connectivity index (χ4v) is 3.24. The molecule has 2 rings (SSSR count). The third kappa shape index (κ3) is 4.14. The lowest BCUT2D eigenvalue weighted by molar-refractivity contribution is 0.129. The molecule has 2 N–H and O–H groups in total. The van der Waals surface area contributed by atoms with Gasteiger partial charge in [-0.3, -0.25) is 0 Å². The molecule has 1 aromatic carbocycles. The molecule has 1 atom stereocenters. The number of hydrogen-bond donors (Lipinski definition) is 2. The van der Waals surface area contributed by atoms with Crippen molar-refractivity contribution in [3.05, 3.63) is 23.8 Å². The van der Waals surface area contributed by atoms with Crippen LogP contribution in [-0.4, -0.2) is 42.7 Å². The second-order valence-electron chi connectivity index (χ2n) is 4.60. The standard InChI is InChI=1S/C13H19BO4S/c1-17-13-5-4-11(14(15)16)7-10(13)8-19-9-12-3-2-6-18-12/h4-5,7,12,15-16H,2-3,6,8-9H2,1H3. The molecule has 1 aliphatic rings. The van der Waals surface area contributed by atoms with Gasteiger partial charge in [-0.25, -0.2) is 0 Å². The summed E-state index contributed by atoms with van der Waals surface area (Å²) in [6, 6.07) is 5.22. The van der Waals surface area contributed by atoms with E-state index in [9.17, 15) is 10.0 Å². The molecular formula is C13H19BO4S. The van der Waals surface area contributed by atoms with Crippen molar-refractivity contribution in [3.8, 4) is 5.75 Å². The molecule has 6 heteroatoms. The van der Waals surface area contributed by atoms with E-state index in [1.807, 2.05) is 0 Å². The minimum absolute atomic E-state index is 0.364. The van der Waals surface area contributed by atoms with E-state index in [2.05, 4.69) is 0 Å². The first-order valence-corrected chi connectivity index (χ1v) is 7.58. The van der Waals surface area contributed by atoms with Crippen molar-refractivity contribution in [2.75, 3.05) is 19.5 Å². The van der Waals surface area contributed by atoms with Crippen molar-refractivity contribution in [1.29, 1.82) is 0 Å². The molecule has 4 nitrogen and oxygen atoms in total. The second kappa shape index (κ2) is 7.19. The van der Waals surface area contributed by atoms with Gasteiger partial charge in [0.25, 0.3) is 0 Å². The molecule has 1 aliphatic heterocycles. The predicted molar refractivity (Wildman–Crippen MR) is 78.0 cm³/mol. The third-order valence-electron chi connectivity index (χ3n) is 3.19. The predicted octanol–water partition coefficient (Wildman–Crippen LogP) is 0.787. The molecule has 0 amide bonds. The zero-order valence-corrected chi connectivity index (χ0v) is 11.9. The minimum atomic E-state index is -1.44. The van der Waals surface area contributed by atoms with Gasteiger partial charge in [-0.05, 0) is 24.4 Å². The number of ether oxygens (including phenoxy) is 2. The van der Waals surface area contributed by atoms with Crippen molar-refractivity contribution in [2.45, 2.75) is 24.7 Å². The highest BCUT2D eigenvalue weighted by Crippen LogP contribution is 2.24. The molecule has 1 fully saturated rings. The molecule has 1 saturated heterocycles. The van der Waals surface area contributed by atoms with Crippen molar-refractivity contribution < 1.29 is 19.5 Å². The first kappa shape index (κ1) is 14.7. The van der Waals surface area contributed by atoms with Crippen LogP contribution in [0.1, 0.15) is 18.4 Å². The number of methoxy groups -OCH3 is 1. The number of rotatable bonds is 6. The molecule has 0 aliphatic carbocycles. The Labute approximate surface area is 118 Å². The molecule has 19 heavy (non-hydrogen) atoms. The summed E-state index contributed by atoms with van der Waals surface area (Å²) in [5.74, 6) is 2.53. The average Bonchev–Trinajstić information content (AvgIpc) is 2.91. The minimum Gasteiger partial charge on any atom is -0.496 e. The van der Waals surface area contributed by atoms with Crippen LogP contribution in [0.15, 0.2) is 18.2 Å². The second-order valence-corrected chi connectivity index (χ2v) is 5.63. The summed E-state index contributed by atoms with van der Waals surface area (Å²) in [7, 11) is 0.186. The third-order valence-corrected chi connectivity index (χ3v) is 4.31. The van der Waals surface area contributed by atoms with E-state index < -0.39 is 7.12 Å². The van der Waals surface area contributed by atoms with Crippen LogP contribution in [0.4, 0.5) is 0 Å². The smallest absolute Gasteiger partial charge is 0.488 e. The Morgan fingerprint density at radius 1 is 1.47 bits per heavy atom. The van der Waals surface area contributed by atoms with E-state index in [1.54, 1.807) is 37.1 Å². The summed E-state index contributed by atoms with van der Waals surface area (Å²) in [5, 5.41) is 18.4. The topological polar surface area (TPSA) is 58.9 Å². The highest BCUT2D eigenvalue weighted by Gasteiger charge is 2.17. The molecule has 104 valence electrons. The Bertz CT molecular complexity index is 408. The van der Waals surface area contributed by atoms with Gasteiger partial charge in [0.1, 0.15) is 5.75 Å². The van der Waals surface area contributed by atoms with Gasteiger partial charge in [0.2, 0.25) is 0 Å². The van der Waals surface area contributed by atoms with Crippen LogP contribution in [0.5, 0.6) is 5.75 Å². The van der Waals surface area contributed by atoms with E-state index in [0.717, 1.165) is 42.3 Å². The number of hydrogen-bond acceptors (Lipinski definition) is 5. The first-order valence-electron chi connectivity index (χ1n) is 6.43. The van der Waals surface area contributed by atoms with E-state index >= 15 is 0 Å². The van der Waals surface area contributed by atoms with Gasteiger partial charge in [-0.15, -0.1) is 0 Å². The number of benzene rings is 1. The summed E-state index contributed by atoms with van der Waals surface area (Å²) >= 11 is 1.79. The monoisotopic (exact) mass is 282 g/mol. The molecule has 0 saturated carbocycles. The van der Waals surface area contributed by atoms with Gasteiger partial charge in [0, 0.05) is 23.7 Å². The van der Waals surface area contributed by atoms with Gasteiger partial charge in [-0.1, -0.05) is 12.1 Å². The first-order chi connectivity index (χ1) is 9.20. The summed E-state index contributed by atoms with van der Waals surface area (Å²) in [6.45, 7) is 0.876. The van der Waals surface area contributed by atoms with Crippen LogP contribution >= 0.6 is 11.8 Å². The van der Waals surface area contributed by atoms with Crippen molar-refractivity contribution in [3.63, 3.8) is 0 Å². The quantitative estimate of drug-likeness (QED) is 0.755. The van der Waals surface area contributed by atoms with E-state index in [-0.39, 0.29) is 0 Å². The maximum absolute atomic E-state index is 9.20. The Morgan fingerprint density at radius 2 is 2.32 bits per heavy atom. The molecule has 1 aromatic rings. The summed E-state index contributed by atoms with van der Waals surface area (Å²) in [4.78, 5) is 0. The summed E-state index contributed by atoms with van der Waals surface area (Å²) < 4.78 is 10.9. The van der Waals surface area contributed by atoms with Gasteiger partial charge in [-0.2, -0.15) is 11.8 Å². The highest BCUT2D eigenvalue weighted by molar-refractivity contribution is 7.98. The van der Waals surface area contributed by atoms with Gasteiger partial charge >= 0.3 is 7.12 Å². The Balaban J connectivity index is 1.94. The zero-order chi connectivity index (χ0) is 13.7. The summed E-state index contributed by atoms with van der Waals surface area (Å²) in [6.07, 6.45) is 2.66. The zero-order valence-electron chi connectivity index (χ0n) is 11.0. The largest absolute Gasteiger partial charge is 0.496 e. The van der Waals surface area contributed by atoms with E-state index in [1.165, 1.54) is 0 Å². The lowest BCUT2D eigenvalue weighted by Crippen LogP contribution is -2.30. The van der Waals surface area contributed by atoms with E-state index in [0.29, 0.717) is 11.6 Å². The molecule has 0 spiro atoms. The van der Waals surface area contributed by atoms with Crippen LogP contribution in [0.25, 0.3) is 0 Å². The van der Waals surface area contributed by atoms with Crippen molar-refractivity contribution in [2.24, 2.45) is 0 Å². The number of thioether (sulfide) groups is 1. The van der Waals surface area contributed by atoms with Crippen molar-refractivity contribution in [1.82, 2.24) is 0 Å². The van der Waals surface area contributed by atoms with Crippen molar-refractivity contribution >= 4 is 24.3 Å². The summed E-state index contributed by atoms with van der Waals surface area (Å²) in [5.41, 5.74) is 1.48. The van der Waals surface area contributed by atoms with Crippen LogP contribution in [0, 0.1) is 0 Å². The normalized spacial score (nSPS) is 18.6. The molecule has 0 aromatic heterocycles. The fourth-order valence-electron chi connectivity index (χ4n) is 2.15. The van der Waals surface area contributed by atoms with E-state index in [4.69, 9.17) is 9.47 Å². The van der Waals surface area contributed by atoms with Gasteiger partial charge in [0.15, 0.2) is 0 Å².